The van der Waals surface area contributed by atoms with Gasteiger partial charge in [0.1, 0.15) is 12.4 Å². The molecule has 0 bridgehead atoms. The molecule has 0 fully saturated rings. The molecule has 1 aliphatic carbocycles. The molecule has 1 aliphatic rings. The molecule has 1 aromatic rings. The lowest BCUT2D eigenvalue weighted by Gasteiger charge is -2.21. The van der Waals surface area contributed by atoms with Crippen molar-refractivity contribution in [3.05, 3.63) is 29.3 Å². The van der Waals surface area contributed by atoms with Crippen molar-refractivity contribution >= 4 is 0 Å². The van der Waals surface area contributed by atoms with Crippen LogP contribution >= 0.6 is 0 Å². The van der Waals surface area contributed by atoms with E-state index in [9.17, 15) is 10.2 Å². The predicted molar refractivity (Wildman–Crippen MR) is 66.1 cm³/mol. The molecule has 3 nitrogen and oxygen atoms in total. The van der Waals surface area contributed by atoms with Gasteiger partial charge in [-0.25, -0.2) is 0 Å². The van der Waals surface area contributed by atoms with Gasteiger partial charge in [0.25, 0.3) is 0 Å². The zero-order valence-corrected chi connectivity index (χ0v) is 10.4. The van der Waals surface area contributed by atoms with Crippen molar-refractivity contribution in [3.8, 4) is 5.75 Å². The summed E-state index contributed by atoms with van der Waals surface area (Å²) in [4.78, 5) is 0. The van der Waals surface area contributed by atoms with Crippen LogP contribution in [0.2, 0.25) is 0 Å². The predicted octanol–water partition coefficient (Wildman–Crippen LogP) is 2.21. The number of aliphatic hydroxyl groups excluding tert-OH is 1. The Morgan fingerprint density at radius 2 is 2.24 bits per heavy atom. The Kier molecular flexibility index (Phi) is 3.40. The van der Waals surface area contributed by atoms with Gasteiger partial charge in [-0.3, -0.25) is 0 Å². The minimum Gasteiger partial charge on any atom is -0.491 e. The van der Waals surface area contributed by atoms with E-state index in [0.29, 0.717) is 13.0 Å². The van der Waals surface area contributed by atoms with E-state index in [4.69, 9.17) is 4.74 Å². The summed E-state index contributed by atoms with van der Waals surface area (Å²) >= 11 is 0. The van der Waals surface area contributed by atoms with Gasteiger partial charge in [0.2, 0.25) is 0 Å². The van der Waals surface area contributed by atoms with Crippen LogP contribution in [-0.4, -0.2) is 22.4 Å². The van der Waals surface area contributed by atoms with Gasteiger partial charge in [-0.05, 0) is 49.4 Å². The quantitative estimate of drug-likeness (QED) is 0.842. The fraction of sp³-hybridized carbons (Fsp3) is 0.571. The molecule has 0 aliphatic heterocycles. The van der Waals surface area contributed by atoms with Gasteiger partial charge in [0.05, 0.1) is 11.7 Å². The van der Waals surface area contributed by atoms with E-state index in [2.05, 4.69) is 0 Å². The highest BCUT2D eigenvalue weighted by molar-refractivity contribution is 5.39. The van der Waals surface area contributed by atoms with Gasteiger partial charge in [0.15, 0.2) is 0 Å². The smallest absolute Gasteiger partial charge is 0.119 e. The van der Waals surface area contributed by atoms with Crippen LogP contribution in [-0.2, 0) is 6.42 Å². The lowest BCUT2D eigenvalue weighted by molar-refractivity contribution is 0.00844. The molecule has 3 heteroatoms. The van der Waals surface area contributed by atoms with Crippen molar-refractivity contribution in [1.82, 2.24) is 0 Å². The number of rotatable bonds is 4. The van der Waals surface area contributed by atoms with Crippen molar-refractivity contribution in [2.45, 2.75) is 44.8 Å². The highest BCUT2D eigenvalue weighted by atomic mass is 16.5. The van der Waals surface area contributed by atoms with E-state index < -0.39 is 5.60 Å². The number of hydrogen-bond donors (Lipinski definition) is 2. The van der Waals surface area contributed by atoms with Gasteiger partial charge >= 0.3 is 0 Å². The zero-order valence-electron chi connectivity index (χ0n) is 10.4. The van der Waals surface area contributed by atoms with Gasteiger partial charge < -0.3 is 14.9 Å². The second-order valence-corrected chi connectivity index (χ2v) is 5.05. The lowest BCUT2D eigenvalue weighted by Crippen LogP contribution is -2.31. The Bertz CT molecular complexity index is 398. The molecule has 2 atom stereocenters. The zero-order chi connectivity index (χ0) is 12.5. The maximum atomic E-state index is 9.86. The summed E-state index contributed by atoms with van der Waals surface area (Å²) < 4.78 is 5.59. The monoisotopic (exact) mass is 236 g/mol. The minimum atomic E-state index is -0.779. The molecule has 17 heavy (non-hydrogen) atoms. The molecular weight excluding hydrogens is 216 g/mol. The van der Waals surface area contributed by atoms with E-state index in [0.717, 1.165) is 29.7 Å². The molecule has 0 radical (unpaired) electrons. The SMILES string of the molecule is CCC(C)(O)COc1ccc2c(c1)CC[C@@H]2O. The van der Waals surface area contributed by atoms with Crippen LogP contribution in [0.15, 0.2) is 18.2 Å². The average Bonchev–Trinajstić information content (AvgIpc) is 2.68. The van der Waals surface area contributed by atoms with Gasteiger partial charge in [-0.1, -0.05) is 13.0 Å². The third-order valence-corrected chi connectivity index (χ3v) is 3.47. The first kappa shape index (κ1) is 12.4. The number of benzene rings is 1. The summed E-state index contributed by atoms with van der Waals surface area (Å²) in [5.74, 6) is 0.770. The van der Waals surface area contributed by atoms with E-state index in [1.807, 2.05) is 25.1 Å². The average molecular weight is 236 g/mol. The molecule has 0 saturated carbocycles. The summed E-state index contributed by atoms with van der Waals surface area (Å²) in [6, 6.07) is 5.75. The van der Waals surface area contributed by atoms with E-state index >= 15 is 0 Å². The van der Waals surface area contributed by atoms with Crippen LogP contribution < -0.4 is 4.74 Å². The van der Waals surface area contributed by atoms with E-state index in [1.165, 1.54) is 0 Å². The molecule has 0 aromatic heterocycles. The summed E-state index contributed by atoms with van der Waals surface area (Å²) in [6.45, 7) is 4.00. The fourth-order valence-corrected chi connectivity index (χ4v) is 2.00. The molecule has 0 spiro atoms. The van der Waals surface area contributed by atoms with Crippen LogP contribution in [0.1, 0.15) is 43.9 Å². The summed E-state index contributed by atoms with van der Waals surface area (Å²) in [6.07, 6.45) is 2.04. The second-order valence-electron chi connectivity index (χ2n) is 5.05. The third-order valence-electron chi connectivity index (χ3n) is 3.47. The molecule has 0 heterocycles. The Morgan fingerprint density at radius 3 is 2.94 bits per heavy atom. The Morgan fingerprint density at radius 1 is 1.47 bits per heavy atom. The number of fused-ring (bicyclic) bond motifs is 1. The normalized spacial score (nSPS) is 22.0. The first-order valence-corrected chi connectivity index (χ1v) is 6.18. The van der Waals surface area contributed by atoms with Crippen LogP contribution in [0.5, 0.6) is 5.75 Å². The van der Waals surface area contributed by atoms with Crippen LogP contribution in [0.25, 0.3) is 0 Å². The Hall–Kier alpha value is -1.06. The van der Waals surface area contributed by atoms with Crippen LogP contribution in [0, 0.1) is 0 Å². The first-order chi connectivity index (χ1) is 8.02. The Labute approximate surface area is 102 Å². The van der Waals surface area contributed by atoms with Gasteiger partial charge in [-0.15, -0.1) is 0 Å². The maximum Gasteiger partial charge on any atom is 0.119 e. The summed E-state index contributed by atoms with van der Waals surface area (Å²) in [5, 5.41) is 19.5. The van der Waals surface area contributed by atoms with Crippen LogP contribution in [0.4, 0.5) is 0 Å². The van der Waals surface area contributed by atoms with Gasteiger partial charge in [0, 0.05) is 0 Å². The van der Waals surface area contributed by atoms with Gasteiger partial charge in [-0.2, -0.15) is 0 Å². The molecule has 0 saturated heterocycles. The standard InChI is InChI=1S/C14H20O3/c1-3-14(2,16)9-17-11-5-6-12-10(8-11)4-7-13(12)15/h5-6,8,13,15-16H,3-4,7,9H2,1-2H3/t13-,14?/m0/s1. The fourth-order valence-electron chi connectivity index (χ4n) is 2.00. The van der Waals surface area contributed by atoms with Crippen molar-refractivity contribution < 1.29 is 14.9 Å². The van der Waals surface area contributed by atoms with Crippen molar-refractivity contribution in [2.75, 3.05) is 6.61 Å². The molecule has 2 rings (SSSR count). The van der Waals surface area contributed by atoms with Crippen molar-refractivity contribution in [3.63, 3.8) is 0 Å². The third kappa shape index (κ3) is 2.79. The number of hydrogen-bond acceptors (Lipinski definition) is 3. The maximum absolute atomic E-state index is 9.86. The molecule has 2 N–H and O–H groups in total. The van der Waals surface area contributed by atoms with E-state index in [-0.39, 0.29) is 6.10 Å². The number of aryl methyl sites for hydroxylation is 1. The largest absolute Gasteiger partial charge is 0.491 e. The minimum absolute atomic E-state index is 0.296. The molecule has 0 amide bonds. The molecule has 1 unspecified atom stereocenters. The first-order valence-electron chi connectivity index (χ1n) is 6.18. The molecule has 1 aromatic carbocycles. The summed E-state index contributed by atoms with van der Waals surface area (Å²) in [5.41, 5.74) is 1.39. The molecule has 94 valence electrons. The van der Waals surface area contributed by atoms with Crippen molar-refractivity contribution in [2.24, 2.45) is 0 Å². The Balaban J connectivity index is 2.04. The number of aliphatic hydroxyl groups is 2. The van der Waals surface area contributed by atoms with E-state index in [1.54, 1.807) is 6.92 Å². The van der Waals surface area contributed by atoms with Crippen molar-refractivity contribution in [1.29, 1.82) is 0 Å². The van der Waals surface area contributed by atoms with Crippen LogP contribution in [0.3, 0.4) is 0 Å². The molecular formula is C14H20O3. The highest BCUT2D eigenvalue weighted by Gasteiger charge is 2.22. The highest BCUT2D eigenvalue weighted by Crippen LogP contribution is 2.33. The lowest BCUT2D eigenvalue weighted by atomic mass is 10.1. The topological polar surface area (TPSA) is 49.7 Å². The summed E-state index contributed by atoms with van der Waals surface area (Å²) in [7, 11) is 0. The second kappa shape index (κ2) is 4.67. The number of ether oxygens (including phenoxy) is 1.